The van der Waals surface area contributed by atoms with Crippen LogP contribution in [0.2, 0.25) is 0 Å². The van der Waals surface area contributed by atoms with E-state index in [1.54, 1.807) is 48.5 Å². The van der Waals surface area contributed by atoms with Gasteiger partial charge in [0.1, 0.15) is 23.9 Å². The van der Waals surface area contributed by atoms with Gasteiger partial charge in [0.25, 0.3) is 11.8 Å². The number of hydrazine groups is 1. The van der Waals surface area contributed by atoms with Gasteiger partial charge in [-0.1, -0.05) is 42.5 Å². The Hall–Kier alpha value is -4.00. The lowest BCUT2D eigenvalue weighted by Crippen LogP contribution is -2.43. The molecule has 2 N–H and O–H groups in total. The number of carbonyl (C=O) groups excluding carboxylic acids is 2. The molecule has 0 aliphatic rings. The molecule has 0 aromatic heterocycles. The molecule has 0 saturated carbocycles. The number of carbonyl (C=O) groups is 2. The highest BCUT2D eigenvalue weighted by atomic mass is 16.5. The fourth-order valence-corrected chi connectivity index (χ4v) is 2.69. The van der Waals surface area contributed by atoms with Crippen molar-refractivity contribution < 1.29 is 23.8 Å². The van der Waals surface area contributed by atoms with E-state index in [1.807, 2.05) is 37.3 Å². The summed E-state index contributed by atoms with van der Waals surface area (Å²) in [5.74, 6) is 0.683. The van der Waals surface area contributed by atoms with Gasteiger partial charge in [0.05, 0.1) is 12.2 Å². The normalized spacial score (nSPS) is 10.1. The summed E-state index contributed by atoms with van der Waals surface area (Å²) in [6.45, 7) is 2.48. The van der Waals surface area contributed by atoms with E-state index in [2.05, 4.69) is 10.9 Å². The van der Waals surface area contributed by atoms with E-state index < -0.39 is 11.8 Å². The van der Waals surface area contributed by atoms with Crippen LogP contribution in [-0.2, 0) is 11.4 Å². The zero-order chi connectivity index (χ0) is 21.9. The van der Waals surface area contributed by atoms with Crippen LogP contribution in [0.4, 0.5) is 0 Å². The van der Waals surface area contributed by atoms with Crippen LogP contribution in [0.5, 0.6) is 17.2 Å². The molecule has 0 aliphatic carbocycles. The number of hydrogen-bond acceptors (Lipinski definition) is 5. The molecule has 0 bridgehead atoms. The van der Waals surface area contributed by atoms with E-state index in [4.69, 9.17) is 14.2 Å². The van der Waals surface area contributed by atoms with Crippen LogP contribution < -0.4 is 25.1 Å². The molecule has 0 saturated heterocycles. The molecule has 0 spiro atoms. The third kappa shape index (κ3) is 6.78. The molecule has 0 radical (unpaired) electrons. The highest BCUT2D eigenvalue weighted by Gasteiger charge is 2.13. The number of amides is 2. The zero-order valence-corrected chi connectivity index (χ0v) is 17.2. The molecule has 0 atom stereocenters. The minimum atomic E-state index is -0.494. The molecule has 0 heterocycles. The molecule has 7 heteroatoms. The molecule has 3 rings (SSSR count). The Kier molecular flexibility index (Phi) is 7.88. The zero-order valence-electron chi connectivity index (χ0n) is 17.2. The summed E-state index contributed by atoms with van der Waals surface area (Å²) >= 11 is 0. The Morgan fingerprint density at radius 2 is 1.39 bits per heavy atom. The topological polar surface area (TPSA) is 85.9 Å². The van der Waals surface area contributed by atoms with Crippen molar-refractivity contribution in [3.63, 3.8) is 0 Å². The second-order valence-electron chi connectivity index (χ2n) is 6.47. The van der Waals surface area contributed by atoms with Crippen molar-refractivity contribution in [1.82, 2.24) is 10.9 Å². The summed E-state index contributed by atoms with van der Waals surface area (Å²) in [6, 6.07) is 23.6. The first-order chi connectivity index (χ1) is 15.2. The Labute approximate surface area is 180 Å². The van der Waals surface area contributed by atoms with Crippen molar-refractivity contribution >= 4 is 11.8 Å². The average Bonchev–Trinajstić information content (AvgIpc) is 2.82. The van der Waals surface area contributed by atoms with E-state index in [-0.39, 0.29) is 6.61 Å². The fourth-order valence-electron chi connectivity index (χ4n) is 2.69. The average molecular weight is 420 g/mol. The van der Waals surface area contributed by atoms with Gasteiger partial charge < -0.3 is 14.2 Å². The van der Waals surface area contributed by atoms with Crippen LogP contribution in [0.15, 0.2) is 78.9 Å². The van der Waals surface area contributed by atoms with Crippen LogP contribution in [0.3, 0.4) is 0 Å². The largest absolute Gasteiger partial charge is 0.493 e. The molecule has 0 fully saturated rings. The predicted molar refractivity (Wildman–Crippen MR) is 116 cm³/mol. The summed E-state index contributed by atoms with van der Waals surface area (Å²) in [5, 5.41) is 0. The second-order valence-corrected chi connectivity index (χ2v) is 6.47. The Balaban J connectivity index is 1.42. The summed E-state index contributed by atoms with van der Waals surface area (Å²) in [5.41, 5.74) is 6.09. The lowest BCUT2D eigenvalue weighted by atomic mass is 10.2. The van der Waals surface area contributed by atoms with Crippen LogP contribution >= 0.6 is 0 Å². The number of hydrogen-bond donors (Lipinski definition) is 2. The van der Waals surface area contributed by atoms with Crippen molar-refractivity contribution in [3.05, 3.63) is 90.0 Å². The number of rotatable bonds is 9. The number of benzene rings is 3. The molecule has 0 aliphatic heterocycles. The Morgan fingerprint density at radius 3 is 2.10 bits per heavy atom. The van der Waals surface area contributed by atoms with Crippen molar-refractivity contribution in [2.24, 2.45) is 0 Å². The third-order valence-corrected chi connectivity index (χ3v) is 4.19. The minimum Gasteiger partial charge on any atom is -0.493 e. The Bertz CT molecular complexity index is 990. The summed E-state index contributed by atoms with van der Waals surface area (Å²) in [6.07, 6.45) is 0. The smallest absolute Gasteiger partial charge is 0.276 e. The van der Waals surface area contributed by atoms with Gasteiger partial charge in [0.2, 0.25) is 0 Å². The first-order valence-electron chi connectivity index (χ1n) is 9.86. The first-order valence-corrected chi connectivity index (χ1v) is 9.86. The van der Waals surface area contributed by atoms with Crippen LogP contribution in [0.25, 0.3) is 0 Å². The van der Waals surface area contributed by atoms with Crippen LogP contribution in [0.1, 0.15) is 22.8 Å². The molecule has 0 unspecified atom stereocenters. The second kappa shape index (κ2) is 11.3. The van der Waals surface area contributed by atoms with E-state index in [9.17, 15) is 9.59 Å². The van der Waals surface area contributed by atoms with Gasteiger partial charge in [0.15, 0.2) is 6.61 Å². The predicted octanol–water partition coefficient (Wildman–Crippen LogP) is 3.50. The highest BCUT2D eigenvalue weighted by Crippen LogP contribution is 2.19. The van der Waals surface area contributed by atoms with Gasteiger partial charge in [-0.25, -0.2) is 0 Å². The molecule has 160 valence electrons. The summed E-state index contributed by atoms with van der Waals surface area (Å²) in [4.78, 5) is 24.2. The minimum absolute atomic E-state index is 0.252. The van der Waals surface area contributed by atoms with Crippen LogP contribution in [-0.4, -0.2) is 25.0 Å². The van der Waals surface area contributed by atoms with Crippen molar-refractivity contribution in [3.8, 4) is 17.2 Å². The quantitative estimate of drug-likeness (QED) is 0.518. The van der Waals surface area contributed by atoms with E-state index in [0.717, 1.165) is 5.56 Å². The number of para-hydroxylation sites is 1. The summed E-state index contributed by atoms with van der Waals surface area (Å²) in [7, 11) is 0. The van der Waals surface area contributed by atoms with Gasteiger partial charge in [-0.15, -0.1) is 0 Å². The van der Waals surface area contributed by atoms with Gasteiger partial charge in [-0.2, -0.15) is 0 Å². The van der Waals surface area contributed by atoms with Crippen molar-refractivity contribution in [1.29, 1.82) is 0 Å². The highest BCUT2D eigenvalue weighted by molar-refractivity contribution is 5.97. The Morgan fingerprint density at radius 1 is 0.742 bits per heavy atom. The fraction of sp³-hybridized carbons (Fsp3) is 0.167. The van der Waals surface area contributed by atoms with Crippen molar-refractivity contribution in [2.75, 3.05) is 13.2 Å². The molecule has 31 heavy (non-hydrogen) atoms. The molecular formula is C24H24N2O5. The number of nitrogens with one attached hydrogen (secondary N) is 2. The molecular weight excluding hydrogens is 396 g/mol. The lowest BCUT2D eigenvalue weighted by molar-refractivity contribution is -0.123. The van der Waals surface area contributed by atoms with E-state index in [0.29, 0.717) is 36.0 Å². The first kappa shape index (κ1) is 21.7. The SMILES string of the molecule is CCOc1ccccc1C(=O)NNC(=O)COc1ccc(OCc2ccccc2)cc1. The number of ether oxygens (including phenoxy) is 3. The maximum absolute atomic E-state index is 12.3. The van der Waals surface area contributed by atoms with Gasteiger partial charge >= 0.3 is 0 Å². The van der Waals surface area contributed by atoms with Crippen LogP contribution in [0, 0.1) is 0 Å². The molecule has 3 aromatic rings. The van der Waals surface area contributed by atoms with E-state index in [1.165, 1.54) is 0 Å². The lowest BCUT2D eigenvalue weighted by Gasteiger charge is -2.12. The maximum atomic E-state index is 12.3. The van der Waals surface area contributed by atoms with Gasteiger partial charge in [-0.05, 0) is 48.9 Å². The molecule has 7 nitrogen and oxygen atoms in total. The third-order valence-electron chi connectivity index (χ3n) is 4.19. The van der Waals surface area contributed by atoms with Gasteiger partial charge in [-0.3, -0.25) is 20.4 Å². The molecule has 3 aromatic carbocycles. The summed E-state index contributed by atoms with van der Waals surface area (Å²) < 4.78 is 16.6. The van der Waals surface area contributed by atoms with Gasteiger partial charge in [0, 0.05) is 0 Å². The van der Waals surface area contributed by atoms with Crippen molar-refractivity contribution in [2.45, 2.75) is 13.5 Å². The maximum Gasteiger partial charge on any atom is 0.276 e. The monoisotopic (exact) mass is 420 g/mol. The van der Waals surface area contributed by atoms with E-state index >= 15 is 0 Å². The molecule has 2 amide bonds. The standard InChI is InChI=1S/C24H24N2O5/c1-2-29-22-11-7-6-10-21(22)24(28)26-25-23(27)17-31-20-14-12-19(13-15-20)30-16-18-8-4-3-5-9-18/h3-15H,2,16-17H2,1H3,(H,25,27)(H,26,28).